The highest BCUT2D eigenvalue weighted by atomic mass is 15.1. The van der Waals surface area contributed by atoms with Crippen molar-refractivity contribution < 1.29 is 0 Å². The molecule has 0 aliphatic carbocycles. The van der Waals surface area contributed by atoms with Gasteiger partial charge in [0.15, 0.2) is 0 Å². The molecule has 0 saturated heterocycles. The van der Waals surface area contributed by atoms with Crippen molar-refractivity contribution in [1.82, 2.24) is 0 Å². The number of rotatable bonds is 4. The second-order valence-corrected chi connectivity index (χ2v) is 3.76. The van der Waals surface area contributed by atoms with E-state index >= 15 is 0 Å². The van der Waals surface area contributed by atoms with Crippen LogP contribution in [0, 0.1) is 6.92 Å². The third-order valence-corrected chi connectivity index (χ3v) is 2.43. The molecular formula is C12H20N2. The number of hydrogen-bond donors (Lipinski definition) is 1. The summed E-state index contributed by atoms with van der Waals surface area (Å²) < 4.78 is 0. The van der Waals surface area contributed by atoms with Gasteiger partial charge < -0.3 is 10.6 Å². The van der Waals surface area contributed by atoms with Crippen LogP contribution in [0.4, 0.5) is 5.69 Å². The molecule has 0 bridgehead atoms. The molecule has 0 saturated carbocycles. The van der Waals surface area contributed by atoms with Crippen LogP contribution in [-0.4, -0.2) is 13.6 Å². The summed E-state index contributed by atoms with van der Waals surface area (Å²) in [5.74, 6) is 0. The van der Waals surface area contributed by atoms with E-state index in [1.54, 1.807) is 0 Å². The summed E-state index contributed by atoms with van der Waals surface area (Å²) in [6.45, 7) is 5.98. The summed E-state index contributed by atoms with van der Waals surface area (Å²) in [5, 5.41) is 0. The smallest absolute Gasteiger partial charge is 0.0409 e. The van der Waals surface area contributed by atoms with E-state index < -0.39 is 0 Å². The Morgan fingerprint density at radius 2 is 2.07 bits per heavy atom. The van der Waals surface area contributed by atoms with Gasteiger partial charge in [-0.1, -0.05) is 24.6 Å². The van der Waals surface area contributed by atoms with Gasteiger partial charge in [-0.3, -0.25) is 0 Å². The Morgan fingerprint density at radius 3 is 2.64 bits per heavy atom. The topological polar surface area (TPSA) is 29.3 Å². The van der Waals surface area contributed by atoms with Crippen molar-refractivity contribution >= 4 is 5.69 Å². The summed E-state index contributed by atoms with van der Waals surface area (Å²) in [6.07, 6.45) is 1.16. The van der Waals surface area contributed by atoms with Gasteiger partial charge in [-0.05, 0) is 25.0 Å². The van der Waals surface area contributed by atoms with E-state index in [1.807, 2.05) is 0 Å². The minimum absolute atomic E-state index is 0.616. The first-order valence-electron chi connectivity index (χ1n) is 5.19. The highest BCUT2D eigenvalue weighted by Gasteiger charge is 2.05. The number of benzene rings is 1. The molecule has 0 fully saturated rings. The molecule has 0 radical (unpaired) electrons. The predicted molar refractivity (Wildman–Crippen MR) is 62.6 cm³/mol. The summed E-state index contributed by atoms with van der Waals surface area (Å²) in [4.78, 5) is 2.27. The Hall–Kier alpha value is -1.02. The highest BCUT2D eigenvalue weighted by molar-refractivity contribution is 5.54. The first-order chi connectivity index (χ1) is 6.69. The predicted octanol–water partition coefficient (Wildman–Crippen LogP) is 2.30. The standard InChI is InChI=1S/C12H20N2/c1-4-7-14(3)12-6-5-10(2)8-11(12)9-13/h5-6,8H,4,7,9,13H2,1-3H3. The van der Waals surface area contributed by atoms with Gasteiger partial charge in [0.05, 0.1) is 0 Å². The van der Waals surface area contributed by atoms with Gasteiger partial charge in [0.25, 0.3) is 0 Å². The molecule has 1 aromatic carbocycles. The fourth-order valence-corrected chi connectivity index (χ4v) is 1.71. The molecule has 0 aliphatic rings. The van der Waals surface area contributed by atoms with Crippen LogP contribution >= 0.6 is 0 Å². The fourth-order valence-electron chi connectivity index (χ4n) is 1.71. The van der Waals surface area contributed by atoms with E-state index in [9.17, 15) is 0 Å². The second kappa shape index (κ2) is 5.01. The van der Waals surface area contributed by atoms with Gasteiger partial charge in [0.2, 0.25) is 0 Å². The molecule has 2 N–H and O–H groups in total. The molecule has 0 unspecified atom stereocenters. The molecule has 0 spiro atoms. The quantitative estimate of drug-likeness (QED) is 0.793. The van der Waals surface area contributed by atoms with E-state index in [-0.39, 0.29) is 0 Å². The molecule has 1 aromatic rings. The lowest BCUT2D eigenvalue weighted by Gasteiger charge is -2.21. The van der Waals surface area contributed by atoms with Gasteiger partial charge in [0, 0.05) is 25.8 Å². The summed E-state index contributed by atoms with van der Waals surface area (Å²) in [6, 6.07) is 6.47. The van der Waals surface area contributed by atoms with E-state index in [1.165, 1.54) is 16.8 Å². The number of anilines is 1. The number of nitrogens with zero attached hydrogens (tertiary/aromatic N) is 1. The highest BCUT2D eigenvalue weighted by Crippen LogP contribution is 2.20. The van der Waals surface area contributed by atoms with Gasteiger partial charge in [-0.25, -0.2) is 0 Å². The van der Waals surface area contributed by atoms with E-state index in [4.69, 9.17) is 5.73 Å². The summed E-state index contributed by atoms with van der Waals surface area (Å²) in [5.41, 5.74) is 9.50. The fraction of sp³-hybridized carbons (Fsp3) is 0.500. The van der Waals surface area contributed by atoms with Crippen LogP contribution in [0.5, 0.6) is 0 Å². The third-order valence-electron chi connectivity index (χ3n) is 2.43. The molecule has 0 heterocycles. The van der Waals surface area contributed by atoms with E-state index in [2.05, 4.69) is 44.0 Å². The van der Waals surface area contributed by atoms with Crippen LogP contribution in [0.1, 0.15) is 24.5 Å². The average Bonchev–Trinajstić information content (AvgIpc) is 2.17. The summed E-state index contributed by atoms with van der Waals surface area (Å²) in [7, 11) is 2.12. The van der Waals surface area contributed by atoms with Crippen LogP contribution < -0.4 is 10.6 Å². The molecular weight excluding hydrogens is 172 g/mol. The van der Waals surface area contributed by atoms with Crippen molar-refractivity contribution in [1.29, 1.82) is 0 Å². The Kier molecular flexibility index (Phi) is 3.96. The molecule has 2 heteroatoms. The normalized spacial score (nSPS) is 10.3. The lowest BCUT2D eigenvalue weighted by molar-refractivity contribution is 0.843. The first kappa shape index (κ1) is 11.1. The molecule has 0 aliphatic heterocycles. The Morgan fingerprint density at radius 1 is 1.36 bits per heavy atom. The van der Waals surface area contributed by atoms with Crippen molar-refractivity contribution in [3.8, 4) is 0 Å². The van der Waals surface area contributed by atoms with Crippen LogP contribution in [0.25, 0.3) is 0 Å². The monoisotopic (exact) mass is 192 g/mol. The van der Waals surface area contributed by atoms with E-state index in [0.29, 0.717) is 6.54 Å². The van der Waals surface area contributed by atoms with Gasteiger partial charge in [0.1, 0.15) is 0 Å². The summed E-state index contributed by atoms with van der Waals surface area (Å²) >= 11 is 0. The number of aryl methyl sites for hydroxylation is 1. The molecule has 0 amide bonds. The number of hydrogen-bond acceptors (Lipinski definition) is 2. The largest absolute Gasteiger partial charge is 0.374 e. The van der Waals surface area contributed by atoms with Crippen molar-refractivity contribution in [3.05, 3.63) is 29.3 Å². The van der Waals surface area contributed by atoms with Crippen LogP contribution in [0.2, 0.25) is 0 Å². The van der Waals surface area contributed by atoms with Crippen LogP contribution in [-0.2, 0) is 6.54 Å². The molecule has 14 heavy (non-hydrogen) atoms. The SMILES string of the molecule is CCCN(C)c1ccc(C)cc1CN. The molecule has 0 atom stereocenters. The Labute approximate surface area is 86.7 Å². The van der Waals surface area contributed by atoms with Gasteiger partial charge in [-0.15, -0.1) is 0 Å². The van der Waals surface area contributed by atoms with Gasteiger partial charge in [-0.2, -0.15) is 0 Å². The van der Waals surface area contributed by atoms with Gasteiger partial charge >= 0.3 is 0 Å². The maximum atomic E-state index is 5.73. The lowest BCUT2D eigenvalue weighted by atomic mass is 10.1. The minimum atomic E-state index is 0.616. The van der Waals surface area contributed by atoms with Crippen molar-refractivity contribution in [3.63, 3.8) is 0 Å². The minimum Gasteiger partial charge on any atom is -0.374 e. The zero-order valence-electron chi connectivity index (χ0n) is 9.38. The maximum absolute atomic E-state index is 5.73. The second-order valence-electron chi connectivity index (χ2n) is 3.76. The molecule has 0 aromatic heterocycles. The molecule has 78 valence electrons. The molecule has 2 nitrogen and oxygen atoms in total. The zero-order chi connectivity index (χ0) is 10.6. The maximum Gasteiger partial charge on any atom is 0.0409 e. The Balaban J connectivity index is 2.95. The Bertz CT molecular complexity index is 294. The van der Waals surface area contributed by atoms with E-state index in [0.717, 1.165) is 13.0 Å². The average molecular weight is 192 g/mol. The first-order valence-corrected chi connectivity index (χ1v) is 5.19. The third kappa shape index (κ3) is 2.48. The van der Waals surface area contributed by atoms with Crippen molar-refractivity contribution in [2.75, 3.05) is 18.5 Å². The van der Waals surface area contributed by atoms with Crippen LogP contribution in [0.3, 0.4) is 0 Å². The number of nitrogens with two attached hydrogens (primary N) is 1. The lowest BCUT2D eigenvalue weighted by Crippen LogP contribution is -2.20. The van der Waals surface area contributed by atoms with Crippen molar-refractivity contribution in [2.45, 2.75) is 26.8 Å². The molecule has 1 rings (SSSR count). The van der Waals surface area contributed by atoms with Crippen LogP contribution in [0.15, 0.2) is 18.2 Å². The van der Waals surface area contributed by atoms with Crippen molar-refractivity contribution in [2.24, 2.45) is 5.73 Å². The zero-order valence-corrected chi connectivity index (χ0v) is 9.38.